The molecule has 0 saturated heterocycles. The second-order valence-corrected chi connectivity index (χ2v) is 5.20. The summed E-state index contributed by atoms with van der Waals surface area (Å²) in [5.41, 5.74) is 1.29. The maximum Gasteiger partial charge on any atom is 0.246 e. The minimum Gasteiger partial charge on any atom is -0.389 e. The van der Waals surface area contributed by atoms with Gasteiger partial charge in [-0.1, -0.05) is 24.3 Å². The van der Waals surface area contributed by atoms with Crippen molar-refractivity contribution >= 4 is 12.0 Å². The summed E-state index contributed by atoms with van der Waals surface area (Å²) >= 11 is 0. The molecule has 0 aliphatic rings. The molecular formula is C15H21NO2. The van der Waals surface area contributed by atoms with Gasteiger partial charge in [0, 0.05) is 19.7 Å². The van der Waals surface area contributed by atoms with Crippen molar-refractivity contribution in [2.45, 2.75) is 26.4 Å². The zero-order valence-electron chi connectivity index (χ0n) is 11.5. The van der Waals surface area contributed by atoms with E-state index in [2.05, 4.69) is 0 Å². The van der Waals surface area contributed by atoms with Gasteiger partial charge in [-0.15, -0.1) is 0 Å². The van der Waals surface area contributed by atoms with E-state index in [4.69, 9.17) is 0 Å². The van der Waals surface area contributed by atoms with Crippen LogP contribution < -0.4 is 0 Å². The zero-order valence-corrected chi connectivity index (χ0v) is 11.5. The molecule has 1 N–H and O–H groups in total. The van der Waals surface area contributed by atoms with Crippen molar-refractivity contribution in [3.05, 3.63) is 41.5 Å². The number of aliphatic hydroxyl groups is 1. The van der Waals surface area contributed by atoms with Gasteiger partial charge in [-0.05, 0) is 38.0 Å². The van der Waals surface area contributed by atoms with E-state index in [0.717, 1.165) is 11.1 Å². The third kappa shape index (κ3) is 4.72. The Kier molecular flexibility index (Phi) is 4.68. The Hall–Kier alpha value is -1.61. The smallest absolute Gasteiger partial charge is 0.246 e. The van der Waals surface area contributed by atoms with Crippen LogP contribution in [0.5, 0.6) is 0 Å². The highest BCUT2D eigenvalue weighted by atomic mass is 16.3. The molecule has 1 rings (SSSR count). The number of hydrogen-bond acceptors (Lipinski definition) is 2. The zero-order chi connectivity index (χ0) is 13.8. The minimum absolute atomic E-state index is 0.111. The molecule has 3 heteroatoms. The first-order valence-electron chi connectivity index (χ1n) is 6.01. The van der Waals surface area contributed by atoms with Crippen LogP contribution in [0.4, 0.5) is 0 Å². The summed E-state index contributed by atoms with van der Waals surface area (Å²) in [4.78, 5) is 13.3. The normalized spacial score (nSPS) is 11.8. The summed E-state index contributed by atoms with van der Waals surface area (Å²) in [6.45, 7) is 5.68. The molecule has 0 aliphatic heterocycles. The molecular weight excluding hydrogens is 226 g/mol. The lowest BCUT2D eigenvalue weighted by molar-refractivity contribution is -0.127. The van der Waals surface area contributed by atoms with E-state index in [0.29, 0.717) is 6.54 Å². The van der Waals surface area contributed by atoms with Crippen molar-refractivity contribution in [2.24, 2.45) is 0 Å². The van der Waals surface area contributed by atoms with Crippen LogP contribution in [-0.2, 0) is 4.79 Å². The average Bonchev–Trinajstić information content (AvgIpc) is 2.25. The summed E-state index contributed by atoms with van der Waals surface area (Å²) in [6, 6.07) is 7.88. The number of carbonyl (C=O) groups excluding carboxylic acids is 1. The Balaban J connectivity index is 2.68. The van der Waals surface area contributed by atoms with Crippen molar-refractivity contribution in [1.29, 1.82) is 0 Å². The van der Waals surface area contributed by atoms with Crippen LogP contribution in [0.15, 0.2) is 30.3 Å². The Morgan fingerprint density at radius 3 is 2.56 bits per heavy atom. The largest absolute Gasteiger partial charge is 0.389 e. The Bertz CT molecular complexity index is 444. The van der Waals surface area contributed by atoms with E-state index in [1.165, 1.54) is 11.0 Å². The predicted molar refractivity (Wildman–Crippen MR) is 74.1 cm³/mol. The van der Waals surface area contributed by atoms with Crippen molar-refractivity contribution in [3.8, 4) is 0 Å². The minimum atomic E-state index is -0.874. The van der Waals surface area contributed by atoms with E-state index in [1.54, 1.807) is 27.0 Å². The van der Waals surface area contributed by atoms with Gasteiger partial charge in [0.15, 0.2) is 0 Å². The summed E-state index contributed by atoms with van der Waals surface area (Å²) < 4.78 is 0. The van der Waals surface area contributed by atoms with Gasteiger partial charge >= 0.3 is 0 Å². The maximum absolute atomic E-state index is 11.8. The Morgan fingerprint density at radius 1 is 1.39 bits per heavy atom. The molecule has 0 saturated carbocycles. The van der Waals surface area contributed by atoms with E-state index in [1.807, 2.05) is 31.2 Å². The number of nitrogens with zero attached hydrogens (tertiary/aromatic N) is 1. The highest BCUT2D eigenvalue weighted by Gasteiger charge is 2.17. The number of amides is 1. The van der Waals surface area contributed by atoms with E-state index >= 15 is 0 Å². The van der Waals surface area contributed by atoms with E-state index in [9.17, 15) is 9.90 Å². The maximum atomic E-state index is 11.8. The number of aryl methyl sites for hydroxylation is 1. The van der Waals surface area contributed by atoms with Crippen LogP contribution in [0.1, 0.15) is 25.0 Å². The van der Waals surface area contributed by atoms with Crippen molar-refractivity contribution < 1.29 is 9.90 Å². The molecule has 0 radical (unpaired) electrons. The summed E-state index contributed by atoms with van der Waals surface area (Å²) in [7, 11) is 1.68. The van der Waals surface area contributed by atoms with Crippen LogP contribution in [0.3, 0.4) is 0 Å². The molecule has 1 aromatic carbocycles. The van der Waals surface area contributed by atoms with Crippen LogP contribution in [0.2, 0.25) is 0 Å². The van der Waals surface area contributed by atoms with Crippen LogP contribution in [0, 0.1) is 6.92 Å². The Morgan fingerprint density at radius 2 is 2.00 bits per heavy atom. The summed E-state index contributed by atoms with van der Waals surface area (Å²) in [6.07, 6.45) is 3.34. The number of benzene rings is 1. The first kappa shape index (κ1) is 14.5. The monoisotopic (exact) mass is 247 g/mol. The number of rotatable bonds is 4. The fraction of sp³-hybridized carbons (Fsp3) is 0.400. The first-order chi connectivity index (χ1) is 8.29. The highest BCUT2D eigenvalue weighted by Crippen LogP contribution is 2.09. The quantitative estimate of drug-likeness (QED) is 0.829. The molecule has 0 fully saturated rings. The van der Waals surface area contributed by atoms with Crippen LogP contribution in [-0.4, -0.2) is 35.1 Å². The van der Waals surface area contributed by atoms with Gasteiger partial charge in [0.25, 0.3) is 0 Å². The van der Waals surface area contributed by atoms with Gasteiger partial charge in [0.1, 0.15) is 0 Å². The second kappa shape index (κ2) is 5.83. The van der Waals surface area contributed by atoms with Crippen molar-refractivity contribution in [3.63, 3.8) is 0 Å². The number of likely N-dealkylation sites (N-methyl/N-ethyl adjacent to an activating group) is 1. The molecule has 0 unspecified atom stereocenters. The van der Waals surface area contributed by atoms with Crippen molar-refractivity contribution in [1.82, 2.24) is 4.90 Å². The standard InChI is InChI=1S/C15H21NO2/c1-12-7-5-6-8-13(12)9-10-14(17)16(4)11-15(2,3)18/h5-10,18H,11H2,1-4H3. The SMILES string of the molecule is Cc1ccccc1C=CC(=O)N(C)CC(C)(C)O. The fourth-order valence-electron chi connectivity index (χ4n) is 1.72. The molecule has 0 atom stereocenters. The van der Waals surface area contributed by atoms with Crippen molar-refractivity contribution in [2.75, 3.05) is 13.6 Å². The van der Waals surface area contributed by atoms with Gasteiger partial charge in [-0.25, -0.2) is 0 Å². The molecule has 3 nitrogen and oxygen atoms in total. The van der Waals surface area contributed by atoms with Gasteiger partial charge in [-0.3, -0.25) is 4.79 Å². The Labute approximate surface area is 109 Å². The summed E-state index contributed by atoms with van der Waals surface area (Å²) in [5.74, 6) is -0.111. The molecule has 0 aliphatic carbocycles. The highest BCUT2D eigenvalue weighted by molar-refractivity contribution is 5.91. The van der Waals surface area contributed by atoms with Gasteiger partial charge in [-0.2, -0.15) is 0 Å². The van der Waals surface area contributed by atoms with E-state index in [-0.39, 0.29) is 5.91 Å². The lowest BCUT2D eigenvalue weighted by Crippen LogP contribution is -2.38. The summed E-state index contributed by atoms with van der Waals surface area (Å²) in [5, 5.41) is 9.65. The average molecular weight is 247 g/mol. The first-order valence-corrected chi connectivity index (χ1v) is 6.01. The fourth-order valence-corrected chi connectivity index (χ4v) is 1.72. The molecule has 18 heavy (non-hydrogen) atoms. The predicted octanol–water partition coefficient (Wildman–Crippen LogP) is 2.24. The van der Waals surface area contributed by atoms with Gasteiger partial charge in [0.05, 0.1) is 5.60 Å². The number of hydrogen-bond donors (Lipinski definition) is 1. The third-order valence-corrected chi connectivity index (χ3v) is 2.59. The molecule has 0 bridgehead atoms. The van der Waals surface area contributed by atoms with Crippen LogP contribution in [0.25, 0.3) is 6.08 Å². The van der Waals surface area contributed by atoms with Gasteiger partial charge < -0.3 is 10.0 Å². The molecule has 98 valence electrons. The van der Waals surface area contributed by atoms with Crippen LogP contribution >= 0.6 is 0 Å². The molecule has 0 spiro atoms. The molecule has 1 aromatic rings. The number of carbonyl (C=O) groups is 1. The molecule has 0 heterocycles. The topological polar surface area (TPSA) is 40.5 Å². The lowest BCUT2D eigenvalue weighted by Gasteiger charge is -2.24. The molecule has 0 aromatic heterocycles. The lowest BCUT2D eigenvalue weighted by atomic mass is 10.1. The third-order valence-electron chi connectivity index (χ3n) is 2.59. The van der Waals surface area contributed by atoms with E-state index < -0.39 is 5.60 Å². The van der Waals surface area contributed by atoms with Gasteiger partial charge in [0.2, 0.25) is 5.91 Å². The second-order valence-electron chi connectivity index (χ2n) is 5.20. The molecule has 1 amide bonds.